The SMILES string of the molecule is CC(C)N(CC(N)=O)C(=O)C1COCCN1.Cl. The molecule has 1 rings (SSSR count). The van der Waals surface area contributed by atoms with Gasteiger partial charge in [-0.1, -0.05) is 0 Å². The van der Waals surface area contributed by atoms with Crippen molar-refractivity contribution in [1.29, 1.82) is 0 Å². The molecule has 1 heterocycles. The number of nitrogens with two attached hydrogens (primary N) is 1. The lowest BCUT2D eigenvalue weighted by molar-refractivity contribution is -0.141. The van der Waals surface area contributed by atoms with Gasteiger partial charge in [-0.05, 0) is 13.8 Å². The summed E-state index contributed by atoms with van der Waals surface area (Å²) < 4.78 is 5.21. The number of hydrogen-bond donors (Lipinski definition) is 2. The molecule has 1 fully saturated rings. The van der Waals surface area contributed by atoms with E-state index < -0.39 is 5.91 Å². The van der Waals surface area contributed by atoms with E-state index in [2.05, 4.69) is 5.32 Å². The smallest absolute Gasteiger partial charge is 0.242 e. The number of carbonyl (C=O) groups is 2. The molecule has 100 valence electrons. The standard InChI is InChI=1S/C10H19N3O3.ClH/c1-7(2)13(5-9(11)14)10(15)8-6-16-4-3-12-8;/h7-8,12H,3-6H2,1-2H3,(H2,11,14);1H. The Morgan fingerprint density at radius 1 is 1.53 bits per heavy atom. The highest BCUT2D eigenvalue weighted by molar-refractivity contribution is 5.87. The molecule has 0 aromatic rings. The molecule has 6 nitrogen and oxygen atoms in total. The fourth-order valence-corrected chi connectivity index (χ4v) is 1.61. The van der Waals surface area contributed by atoms with Gasteiger partial charge >= 0.3 is 0 Å². The van der Waals surface area contributed by atoms with Gasteiger partial charge in [0.2, 0.25) is 11.8 Å². The molecule has 0 bridgehead atoms. The maximum absolute atomic E-state index is 12.1. The molecule has 3 N–H and O–H groups in total. The molecular weight excluding hydrogens is 246 g/mol. The van der Waals surface area contributed by atoms with Crippen LogP contribution in [0.1, 0.15) is 13.8 Å². The van der Waals surface area contributed by atoms with E-state index >= 15 is 0 Å². The van der Waals surface area contributed by atoms with Gasteiger partial charge in [0, 0.05) is 12.6 Å². The highest BCUT2D eigenvalue weighted by Gasteiger charge is 2.28. The summed E-state index contributed by atoms with van der Waals surface area (Å²) in [5.74, 6) is -0.632. The highest BCUT2D eigenvalue weighted by atomic mass is 35.5. The zero-order valence-electron chi connectivity index (χ0n) is 10.1. The predicted octanol–water partition coefficient (Wildman–Crippen LogP) is -0.881. The van der Waals surface area contributed by atoms with Gasteiger partial charge in [-0.3, -0.25) is 9.59 Å². The first kappa shape index (κ1) is 16.1. The van der Waals surface area contributed by atoms with Crippen LogP contribution in [0.3, 0.4) is 0 Å². The summed E-state index contributed by atoms with van der Waals surface area (Å²) >= 11 is 0. The van der Waals surface area contributed by atoms with Crippen LogP contribution in [-0.4, -0.2) is 55.1 Å². The molecule has 0 saturated carbocycles. The molecule has 1 aliphatic rings. The van der Waals surface area contributed by atoms with Crippen molar-refractivity contribution in [2.45, 2.75) is 25.9 Å². The van der Waals surface area contributed by atoms with Crippen molar-refractivity contribution in [3.05, 3.63) is 0 Å². The van der Waals surface area contributed by atoms with Crippen molar-refractivity contribution in [3.63, 3.8) is 0 Å². The number of nitrogens with zero attached hydrogens (tertiary/aromatic N) is 1. The van der Waals surface area contributed by atoms with Crippen LogP contribution in [0.4, 0.5) is 0 Å². The largest absolute Gasteiger partial charge is 0.378 e. The Morgan fingerprint density at radius 3 is 2.59 bits per heavy atom. The van der Waals surface area contributed by atoms with Crippen molar-refractivity contribution >= 4 is 24.2 Å². The molecule has 1 atom stereocenters. The summed E-state index contributed by atoms with van der Waals surface area (Å²) in [7, 11) is 0. The number of halogens is 1. The summed E-state index contributed by atoms with van der Waals surface area (Å²) in [5, 5.41) is 3.06. The minimum atomic E-state index is -0.501. The number of rotatable bonds is 4. The lowest BCUT2D eigenvalue weighted by Crippen LogP contribution is -2.55. The van der Waals surface area contributed by atoms with Gasteiger partial charge in [0.15, 0.2) is 0 Å². The second kappa shape index (κ2) is 7.47. The second-order valence-electron chi connectivity index (χ2n) is 4.11. The molecule has 0 radical (unpaired) electrons. The first-order valence-corrected chi connectivity index (χ1v) is 5.42. The average Bonchev–Trinajstić information content (AvgIpc) is 2.25. The second-order valence-corrected chi connectivity index (χ2v) is 4.11. The van der Waals surface area contributed by atoms with E-state index in [-0.39, 0.29) is 36.9 Å². The third-order valence-electron chi connectivity index (χ3n) is 2.45. The Bertz CT molecular complexity index is 268. The number of amides is 2. The first-order valence-electron chi connectivity index (χ1n) is 5.42. The summed E-state index contributed by atoms with van der Waals surface area (Å²) in [6, 6.07) is -0.417. The van der Waals surface area contributed by atoms with E-state index in [9.17, 15) is 9.59 Å². The summed E-state index contributed by atoms with van der Waals surface area (Å²) in [6.45, 7) is 5.27. The number of hydrogen-bond acceptors (Lipinski definition) is 4. The van der Waals surface area contributed by atoms with E-state index in [4.69, 9.17) is 10.5 Å². The quantitative estimate of drug-likeness (QED) is 0.691. The van der Waals surface area contributed by atoms with E-state index in [1.807, 2.05) is 13.8 Å². The van der Waals surface area contributed by atoms with E-state index in [1.54, 1.807) is 0 Å². The van der Waals surface area contributed by atoms with Crippen molar-refractivity contribution < 1.29 is 14.3 Å². The molecule has 2 amide bonds. The summed E-state index contributed by atoms with van der Waals surface area (Å²) in [6.07, 6.45) is 0. The molecule has 1 saturated heterocycles. The van der Waals surface area contributed by atoms with Gasteiger partial charge < -0.3 is 20.7 Å². The van der Waals surface area contributed by atoms with Crippen LogP contribution in [0.25, 0.3) is 0 Å². The zero-order valence-corrected chi connectivity index (χ0v) is 11.0. The van der Waals surface area contributed by atoms with Crippen LogP contribution in [0, 0.1) is 0 Å². The molecule has 0 aliphatic carbocycles. The Morgan fingerprint density at radius 2 is 2.18 bits per heavy atom. The predicted molar refractivity (Wildman–Crippen MR) is 65.9 cm³/mol. The minimum Gasteiger partial charge on any atom is -0.378 e. The van der Waals surface area contributed by atoms with Gasteiger partial charge in [0.25, 0.3) is 0 Å². The third-order valence-corrected chi connectivity index (χ3v) is 2.45. The maximum atomic E-state index is 12.1. The van der Waals surface area contributed by atoms with Crippen LogP contribution in [0.15, 0.2) is 0 Å². The fourth-order valence-electron chi connectivity index (χ4n) is 1.61. The van der Waals surface area contributed by atoms with Crippen LogP contribution in [0.5, 0.6) is 0 Å². The Hall–Kier alpha value is -0.850. The normalized spacial score (nSPS) is 19.6. The van der Waals surface area contributed by atoms with Crippen molar-refractivity contribution in [3.8, 4) is 0 Å². The maximum Gasteiger partial charge on any atom is 0.242 e. The molecule has 0 aromatic heterocycles. The van der Waals surface area contributed by atoms with Crippen LogP contribution < -0.4 is 11.1 Å². The molecule has 0 spiro atoms. The topological polar surface area (TPSA) is 84.7 Å². The van der Waals surface area contributed by atoms with Gasteiger partial charge in [-0.25, -0.2) is 0 Å². The van der Waals surface area contributed by atoms with Crippen molar-refractivity contribution in [2.75, 3.05) is 26.3 Å². The summed E-state index contributed by atoms with van der Waals surface area (Å²) in [5.41, 5.74) is 5.11. The van der Waals surface area contributed by atoms with E-state index in [0.29, 0.717) is 19.8 Å². The highest BCUT2D eigenvalue weighted by Crippen LogP contribution is 2.04. The average molecular weight is 266 g/mol. The van der Waals surface area contributed by atoms with Crippen LogP contribution >= 0.6 is 12.4 Å². The molecular formula is C10H20ClN3O3. The number of carbonyl (C=O) groups excluding carboxylic acids is 2. The minimum absolute atomic E-state index is 0. The molecule has 0 aromatic carbocycles. The monoisotopic (exact) mass is 265 g/mol. The van der Waals surface area contributed by atoms with Crippen molar-refractivity contribution in [1.82, 2.24) is 10.2 Å². The third kappa shape index (κ3) is 4.89. The Kier molecular flexibility index (Phi) is 7.10. The molecule has 1 unspecified atom stereocenters. The van der Waals surface area contributed by atoms with Gasteiger partial charge in [0.1, 0.15) is 6.04 Å². The molecule has 17 heavy (non-hydrogen) atoms. The van der Waals surface area contributed by atoms with Gasteiger partial charge in [-0.2, -0.15) is 0 Å². The number of nitrogens with one attached hydrogen (secondary N) is 1. The number of primary amides is 1. The molecule has 1 aliphatic heterocycles. The Labute approximate surface area is 107 Å². The number of ether oxygens (including phenoxy) is 1. The molecule has 7 heteroatoms. The van der Waals surface area contributed by atoms with Gasteiger partial charge in [-0.15, -0.1) is 12.4 Å². The fraction of sp³-hybridized carbons (Fsp3) is 0.800. The van der Waals surface area contributed by atoms with Crippen LogP contribution in [-0.2, 0) is 14.3 Å². The lowest BCUT2D eigenvalue weighted by atomic mass is 10.2. The van der Waals surface area contributed by atoms with E-state index in [0.717, 1.165) is 0 Å². The first-order chi connectivity index (χ1) is 7.52. The number of morpholine rings is 1. The van der Waals surface area contributed by atoms with Gasteiger partial charge in [0.05, 0.1) is 19.8 Å². The van der Waals surface area contributed by atoms with Crippen LogP contribution in [0.2, 0.25) is 0 Å². The summed E-state index contributed by atoms with van der Waals surface area (Å²) in [4.78, 5) is 24.4. The lowest BCUT2D eigenvalue weighted by Gasteiger charge is -2.31. The van der Waals surface area contributed by atoms with E-state index in [1.165, 1.54) is 4.90 Å². The zero-order chi connectivity index (χ0) is 12.1. The van der Waals surface area contributed by atoms with Crippen molar-refractivity contribution in [2.24, 2.45) is 5.73 Å². The Balaban J connectivity index is 0.00000256.